The van der Waals surface area contributed by atoms with Crippen molar-refractivity contribution >= 4 is 33.4 Å². The standard InChI is InChI=1S/C22H24N2O5S/c1-5-14-10-11-15-18(12-14)30-22(24(15)13-19(25)29-6-2)23-21(26)20-16(27-3)8-7-9-17(20)28-4/h7-12H,5-6,13H2,1-4H3. The van der Waals surface area contributed by atoms with Gasteiger partial charge in [0.15, 0.2) is 4.80 Å². The SMILES string of the molecule is CCOC(=O)Cn1c(=NC(=O)c2c(OC)cccc2OC)sc2cc(CC)ccc21. The molecule has 0 bridgehead atoms. The summed E-state index contributed by atoms with van der Waals surface area (Å²) >= 11 is 1.35. The zero-order chi connectivity index (χ0) is 21.7. The molecule has 0 atom stereocenters. The Labute approximate surface area is 178 Å². The van der Waals surface area contributed by atoms with Crippen molar-refractivity contribution in [1.82, 2.24) is 4.57 Å². The number of rotatable bonds is 7. The number of hydrogen-bond acceptors (Lipinski definition) is 6. The monoisotopic (exact) mass is 428 g/mol. The summed E-state index contributed by atoms with van der Waals surface area (Å²) in [4.78, 5) is 30.0. The molecule has 0 aliphatic heterocycles. The lowest BCUT2D eigenvalue weighted by molar-refractivity contribution is -0.143. The minimum Gasteiger partial charge on any atom is -0.496 e. The van der Waals surface area contributed by atoms with E-state index in [1.165, 1.54) is 25.6 Å². The molecule has 0 radical (unpaired) electrons. The molecule has 1 amide bonds. The van der Waals surface area contributed by atoms with Crippen molar-refractivity contribution < 1.29 is 23.8 Å². The summed E-state index contributed by atoms with van der Waals surface area (Å²) < 4.78 is 18.4. The van der Waals surface area contributed by atoms with Crippen LogP contribution in [0, 0.1) is 0 Å². The molecule has 0 aliphatic rings. The minimum atomic E-state index is -0.510. The van der Waals surface area contributed by atoms with Gasteiger partial charge in [-0.1, -0.05) is 30.4 Å². The van der Waals surface area contributed by atoms with Crippen LogP contribution in [0.4, 0.5) is 0 Å². The van der Waals surface area contributed by atoms with Gasteiger partial charge in [0.05, 0.1) is 31.0 Å². The fourth-order valence-corrected chi connectivity index (χ4v) is 4.21. The van der Waals surface area contributed by atoms with E-state index in [4.69, 9.17) is 14.2 Å². The third-order valence-corrected chi connectivity index (χ3v) is 5.63. The fraction of sp³-hybridized carbons (Fsp3) is 0.318. The predicted octanol–water partition coefficient (Wildman–Crippen LogP) is 3.59. The van der Waals surface area contributed by atoms with Crippen molar-refractivity contribution in [1.29, 1.82) is 0 Å². The van der Waals surface area contributed by atoms with Gasteiger partial charge in [0.2, 0.25) is 0 Å². The molecule has 3 aromatic rings. The van der Waals surface area contributed by atoms with Crippen LogP contribution in [0.3, 0.4) is 0 Å². The predicted molar refractivity (Wildman–Crippen MR) is 115 cm³/mol. The molecule has 30 heavy (non-hydrogen) atoms. The lowest BCUT2D eigenvalue weighted by atomic mass is 10.1. The number of aromatic nitrogens is 1. The summed E-state index contributed by atoms with van der Waals surface area (Å²) in [5.74, 6) is -0.159. The molecule has 2 aromatic carbocycles. The van der Waals surface area contributed by atoms with Crippen molar-refractivity contribution in [3.63, 3.8) is 0 Å². The van der Waals surface area contributed by atoms with Crippen LogP contribution in [-0.2, 0) is 22.5 Å². The molecule has 1 heterocycles. The van der Waals surface area contributed by atoms with Crippen molar-refractivity contribution in [3.05, 3.63) is 52.3 Å². The van der Waals surface area contributed by atoms with Gasteiger partial charge >= 0.3 is 5.97 Å². The first-order valence-corrected chi connectivity index (χ1v) is 10.4. The highest BCUT2D eigenvalue weighted by atomic mass is 32.1. The number of nitrogens with zero attached hydrogens (tertiary/aromatic N) is 2. The van der Waals surface area contributed by atoms with E-state index in [2.05, 4.69) is 18.0 Å². The second-order valence-electron chi connectivity index (χ2n) is 6.39. The molecule has 0 unspecified atom stereocenters. The molecule has 1 aromatic heterocycles. The van der Waals surface area contributed by atoms with Gasteiger partial charge in [-0.25, -0.2) is 0 Å². The molecule has 158 valence electrons. The third kappa shape index (κ3) is 4.38. The number of methoxy groups -OCH3 is 2. The van der Waals surface area contributed by atoms with E-state index < -0.39 is 5.91 Å². The Kier molecular flexibility index (Phi) is 6.89. The summed E-state index contributed by atoms with van der Waals surface area (Å²) in [7, 11) is 2.97. The topological polar surface area (TPSA) is 79.1 Å². The van der Waals surface area contributed by atoms with Gasteiger partial charge in [-0.15, -0.1) is 0 Å². The van der Waals surface area contributed by atoms with Crippen LogP contribution >= 0.6 is 11.3 Å². The summed E-state index contributed by atoms with van der Waals surface area (Å²) in [6.07, 6.45) is 0.884. The average molecular weight is 429 g/mol. The maximum Gasteiger partial charge on any atom is 0.326 e. The molecule has 8 heteroatoms. The number of benzene rings is 2. The number of fused-ring (bicyclic) bond motifs is 1. The quantitative estimate of drug-likeness (QED) is 0.538. The molecule has 0 fully saturated rings. The van der Waals surface area contributed by atoms with Crippen molar-refractivity contribution in [2.24, 2.45) is 4.99 Å². The normalized spacial score (nSPS) is 11.5. The van der Waals surface area contributed by atoms with Gasteiger partial charge in [-0.05, 0) is 43.2 Å². The second-order valence-corrected chi connectivity index (χ2v) is 7.40. The molecule has 0 saturated heterocycles. The summed E-state index contributed by atoms with van der Waals surface area (Å²) in [5.41, 5.74) is 2.22. The molecular weight excluding hydrogens is 404 g/mol. The first-order valence-electron chi connectivity index (χ1n) is 9.60. The van der Waals surface area contributed by atoms with Gasteiger partial charge in [-0.3, -0.25) is 9.59 Å². The molecular formula is C22H24N2O5S. The van der Waals surface area contributed by atoms with E-state index in [0.717, 1.165) is 22.2 Å². The van der Waals surface area contributed by atoms with Crippen molar-refractivity contribution in [2.45, 2.75) is 26.8 Å². The van der Waals surface area contributed by atoms with E-state index in [1.807, 2.05) is 12.1 Å². The van der Waals surface area contributed by atoms with E-state index >= 15 is 0 Å². The number of thiazole rings is 1. The number of hydrogen-bond donors (Lipinski definition) is 0. The number of aryl methyl sites for hydroxylation is 1. The highest BCUT2D eigenvalue weighted by Crippen LogP contribution is 2.29. The van der Waals surface area contributed by atoms with Crippen LogP contribution in [0.25, 0.3) is 10.2 Å². The summed E-state index contributed by atoms with van der Waals surface area (Å²) in [6, 6.07) is 11.1. The Morgan fingerprint density at radius 3 is 2.37 bits per heavy atom. The van der Waals surface area contributed by atoms with E-state index in [9.17, 15) is 9.59 Å². The largest absolute Gasteiger partial charge is 0.496 e. The van der Waals surface area contributed by atoms with E-state index in [1.54, 1.807) is 29.7 Å². The zero-order valence-electron chi connectivity index (χ0n) is 17.4. The van der Waals surface area contributed by atoms with Crippen molar-refractivity contribution in [2.75, 3.05) is 20.8 Å². The van der Waals surface area contributed by atoms with Crippen LogP contribution in [0.15, 0.2) is 41.4 Å². The summed E-state index contributed by atoms with van der Waals surface area (Å²) in [6.45, 7) is 4.08. The lowest BCUT2D eigenvalue weighted by Gasteiger charge is -2.10. The first-order chi connectivity index (χ1) is 14.5. The van der Waals surface area contributed by atoms with Gasteiger partial charge in [0.25, 0.3) is 5.91 Å². The van der Waals surface area contributed by atoms with Crippen LogP contribution in [0.2, 0.25) is 0 Å². The zero-order valence-corrected chi connectivity index (χ0v) is 18.2. The molecule has 3 rings (SSSR count). The fourth-order valence-electron chi connectivity index (χ4n) is 3.12. The number of ether oxygens (including phenoxy) is 3. The number of carbonyl (C=O) groups excluding carboxylic acids is 2. The Morgan fingerprint density at radius 2 is 1.77 bits per heavy atom. The molecule has 7 nitrogen and oxygen atoms in total. The maximum atomic E-state index is 13.1. The van der Waals surface area contributed by atoms with Gasteiger partial charge in [0, 0.05) is 0 Å². The maximum absolute atomic E-state index is 13.1. The average Bonchev–Trinajstić information content (AvgIpc) is 3.08. The summed E-state index contributed by atoms with van der Waals surface area (Å²) in [5, 5.41) is 0. The molecule has 0 aliphatic carbocycles. The van der Waals surface area contributed by atoms with Crippen LogP contribution in [-0.4, -0.2) is 37.3 Å². The Hall–Kier alpha value is -3.13. The number of esters is 1. The van der Waals surface area contributed by atoms with E-state index in [0.29, 0.717) is 16.3 Å². The molecule has 0 spiro atoms. The first kappa shape index (κ1) is 21.6. The van der Waals surface area contributed by atoms with Gasteiger partial charge < -0.3 is 18.8 Å². The highest BCUT2D eigenvalue weighted by Gasteiger charge is 2.19. The Bertz CT molecular complexity index is 1120. The molecule has 0 N–H and O–H groups in total. The Morgan fingerprint density at radius 1 is 1.07 bits per heavy atom. The molecule has 0 saturated carbocycles. The number of carbonyl (C=O) groups is 2. The van der Waals surface area contributed by atoms with Gasteiger partial charge in [0.1, 0.15) is 23.6 Å². The highest BCUT2D eigenvalue weighted by molar-refractivity contribution is 7.16. The smallest absolute Gasteiger partial charge is 0.326 e. The third-order valence-electron chi connectivity index (χ3n) is 4.59. The van der Waals surface area contributed by atoms with Crippen molar-refractivity contribution in [3.8, 4) is 11.5 Å². The minimum absolute atomic E-state index is 0.0332. The Balaban J connectivity index is 2.18. The number of amides is 1. The van der Waals surface area contributed by atoms with Gasteiger partial charge in [-0.2, -0.15) is 4.99 Å². The van der Waals surface area contributed by atoms with Crippen LogP contribution in [0.1, 0.15) is 29.8 Å². The van der Waals surface area contributed by atoms with E-state index in [-0.39, 0.29) is 24.7 Å². The van der Waals surface area contributed by atoms with Crippen LogP contribution < -0.4 is 14.3 Å². The second kappa shape index (κ2) is 9.58. The lowest BCUT2D eigenvalue weighted by Crippen LogP contribution is -2.23. The van der Waals surface area contributed by atoms with Crippen LogP contribution in [0.5, 0.6) is 11.5 Å².